The minimum absolute atomic E-state index is 0.329. The largest absolute Gasteiger partial charge is 0.396 e. The van der Waals surface area contributed by atoms with E-state index in [9.17, 15) is 0 Å². The lowest BCUT2D eigenvalue weighted by Crippen LogP contribution is -2.45. The molecule has 1 aliphatic rings. The third-order valence-electron chi connectivity index (χ3n) is 2.63. The van der Waals surface area contributed by atoms with Gasteiger partial charge in [-0.3, -0.25) is 4.90 Å². The van der Waals surface area contributed by atoms with Crippen molar-refractivity contribution in [3.63, 3.8) is 0 Å². The molecule has 0 saturated carbocycles. The van der Waals surface area contributed by atoms with Gasteiger partial charge < -0.3 is 9.84 Å². The second-order valence-corrected chi connectivity index (χ2v) is 4.30. The lowest BCUT2D eigenvalue weighted by molar-refractivity contribution is -0.0682. The van der Waals surface area contributed by atoms with E-state index in [-0.39, 0.29) is 0 Å². The number of aliphatic hydroxyl groups excluding tert-OH is 1. The number of aliphatic hydroxyl groups is 1. The van der Waals surface area contributed by atoms with E-state index in [0.717, 1.165) is 32.5 Å². The van der Waals surface area contributed by atoms with Crippen LogP contribution >= 0.6 is 0 Å². The molecule has 1 heterocycles. The molecule has 0 aliphatic carbocycles. The standard InChI is InChI=1S/C11H23NO2/c1-10-8-12(9-11(2)14-10)6-4-3-5-7-13/h10-11,13H,3-9H2,1-2H3. The highest BCUT2D eigenvalue weighted by Gasteiger charge is 2.21. The van der Waals surface area contributed by atoms with Crippen LogP contribution < -0.4 is 0 Å². The summed E-state index contributed by atoms with van der Waals surface area (Å²) in [5.74, 6) is 0. The Hall–Kier alpha value is -0.120. The zero-order valence-corrected chi connectivity index (χ0v) is 9.41. The molecule has 84 valence electrons. The lowest BCUT2D eigenvalue weighted by Gasteiger charge is -2.35. The third kappa shape index (κ3) is 4.40. The molecule has 14 heavy (non-hydrogen) atoms. The van der Waals surface area contributed by atoms with Gasteiger partial charge in [-0.1, -0.05) is 0 Å². The Morgan fingerprint density at radius 1 is 1.14 bits per heavy atom. The van der Waals surface area contributed by atoms with Crippen LogP contribution in [0, 0.1) is 0 Å². The van der Waals surface area contributed by atoms with Crippen LogP contribution in [0.25, 0.3) is 0 Å². The summed E-state index contributed by atoms with van der Waals surface area (Å²) in [4.78, 5) is 2.47. The van der Waals surface area contributed by atoms with Gasteiger partial charge in [0.1, 0.15) is 0 Å². The summed E-state index contributed by atoms with van der Waals surface area (Å²) in [6.45, 7) is 7.87. The van der Waals surface area contributed by atoms with Gasteiger partial charge in [-0.15, -0.1) is 0 Å². The topological polar surface area (TPSA) is 32.7 Å². The number of nitrogens with zero attached hydrogens (tertiary/aromatic N) is 1. The van der Waals surface area contributed by atoms with Crippen molar-refractivity contribution < 1.29 is 9.84 Å². The average molecular weight is 201 g/mol. The number of hydrogen-bond acceptors (Lipinski definition) is 3. The van der Waals surface area contributed by atoms with Crippen LogP contribution in [-0.2, 0) is 4.74 Å². The van der Waals surface area contributed by atoms with Crippen LogP contribution in [0.2, 0.25) is 0 Å². The van der Waals surface area contributed by atoms with Gasteiger partial charge in [0.05, 0.1) is 12.2 Å². The van der Waals surface area contributed by atoms with E-state index in [0.29, 0.717) is 18.8 Å². The molecule has 2 unspecified atom stereocenters. The smallest absolute Gasteiger partial charge is 0.0678 e. The molecule has 0 spiro atoms. The lowest BCUT2D eigenvalue weighted by atomic mass is 10.2. The molecule has 0 radical (unpaired) electrons. The molecule has 1 saturated heterocycles. The van der Waals surface area contributed by atoms with Gasteiger partial charge in [0, 0.05) is 19.7 Å². The normalized spacial score (nSPS) is 29.4. The zero-order valence-electron chi connectivity index (χ0n) is 9.41. The molecule has 1 rings (SSSR count). The summed E-state index contributed by atoms with van der Waals surface area (Å²) in [7, 11) is 0. The first kappa shape index (κ1) is 12.0. The predicted molar refractivity (Wildman–Crippen MR) is 57.4 cm³/mol. The van der Waals surface area contributed by atoms with E-state index in [2.05, 4.69) is 18.7 Å². The van der Waals surface area contributed by atoms with Crippen LogP contribution in [0.4, 0.5) is 0 Å². The van der Waals surface area contributed by atoms with Gasteiger partial charge >= 0.3 is 0 Å². The summed E-state index contributed by atoms with van der Waals surface area (Å²) < 4.78 is 5.66. The molecular weight excluding hydrogens is 178 g/mol. The quantitative estimate of drug-likeness (QED) is 0.680. The summed E-state index contributed by atoms with van der Waals surface area (Å²) in [6, 6.07) is 0. The first-order valence-electron chi connectivity index (χ1n) is 5.71. The van der Waals surface area contributed by atoms with Crippen molar-refractivity contribution in [3.8, 4) is 0 Å². The SMILES string of the molecule is CC1CN(CCCCCO)CC(C)O1. The van der Waals surface area contributed by atoms with Gasteiger partial charge in [-0.25, -0.2) is 0 Å². The Kier molecular flexibility index (Phi) is 5.45. The van der Waals surface area contributed by atoms with Crippen LogP contribution in [0.15, 0.2) is 0 Å². The molecule has 2 atom stereocenters. The molecule has 3 heteroatoms. The molecule has 0 aromatic heterocycles. The summed E-state index contributed by atoms with van der Waals surface area (Å²) in [5.41, 5.74) is 0. The van der Waals surface area contributed by atoms with Gasteiger partial charge in [0.2, 0.25) is 0 Å². The number of rotatable bonds is 5. The fourth-order valence-corrected chi connectivity index (χ4v) is 2.09. The van der Waals surface area contributed by atoms with E-state index in [4.69, 9.17) is 9.84 Å². The van der Waals surface area contributed by atoms with Crippen LogP contribution in [0.3, 0.4) is 0 Å². The predicted octanol–water partition coefficient (Wildman–Crippen LogP) is 1.26. The number of morpholine rings is 1. The van der Waals surface area contributed by atoms with Gasteiger partial charge in [0.25, 0.3) is 0 Å². The summed E-state index contributed by atoms with van der Waals surface area (Å²) in [5, 5.41) is 8.65. The molecule has 0 aromatic rings. The highest BCUT2D eigenvalue weighted by Crippen LogP contribution is 2.11. The highest BCUT2D eigenvalue weighted by molar-refractivity contribution is 4.72. The van der Waals surface area contributed by atoms with Crippen LogP contribution in [0.5, 0.6) is 0 Å². The second-order valence-electron chi connectivity index (χ2n) is 4.30. The minimum atomic E-state index is 0.329. The van der Waals surface area contributed by atoms with E-state index in [1.807, 2.05) is 0 Å². The first-order valence-corrected chi connectivity index (χ1v) is 5.71. The highest BCUT2D eigenvalue weighted by atomic mass is 16.5. The Bertz CT molecular complexity index is 142. The molecule has 1 aliphatic heterocycles. The monoisotopic (exact) mass is 201 g/mol. The number of ether oxygens (including phenoxy) is 1. The van der Waals surface area contributed by atoms with Crippen LogP contribution in [-0.4, -0.2) is 48.5 Å². The maximum Gasteiger partial charge on any atom is 0.0678 e. The summed E-state index contributed by atoms with van der Waals surface area (Å²) >= 11 is 0. The van der Waals surface area contributed by atoms with Crippen molar-refractivity contribution in [3.05, 3.63) is 0 Å². The van der Waals surface area contributed by atoms with E-state index in [1.165, 1.54) is 6.42 Å². The van der Waals surface area contributed by atoms with Crippen LogP contribution in [0.1, 0.15) is 33.1 Å². The fraction of sp³-hybridized carbons (Fsp3) is 1.00. The van der Waals surface area contributed by atoms with E-state index < -0.39 is 0 Å². The van der Waals surface area contributed by atoms with Crippen molar-refractivity contribution in [1.29, 1.82) is 0 Å². The minimum Gasteiger partial charge on any atom is -0.396 e. The van der Waals surface area contributed by atoms with Crippen molar-refractivity contribution in [2.45, 2.75) is 45.3 Å². The molecule has 0 aromatic carbocycles. The van der Waals surface area contributed by atoms with Gasteiger partial charge in [0.15, 0.2) is 0 Å². The van der Waals surface area contributed by atoms with Gasteiger partial charge in [-0.2, -0.15) is 0 Å². The van der Waals surface area contributed by atoms with Crippen molar-refractivity contribution >= 4 is 0 Å². The van der Waals surface area contributed by atoms with E-state index in [1.54, 1.807) is 0 Å². The third-order valence-corrected chi connectivity index (χ3v) is 2.63. The average Bonchev–Trinajstić information content (AvgIpc) is 2.11. The van der Waals surface area contributed by atoms with Crippen molar-refractivity contribution in [2.75, 3.05) is 26.2 Å². The van der Waals surface area contributed by atoms with Crippen molar-refractivity contribution in [1.82, 2.24) is 4.90 Å². The zero-order chi connectivity index (χ0) is 10.4. The molecule has 3 nitrogen and oxygen atoms in total. The first-order chi connectivity index (χ1) is 6.72. The fourth-order valence-electron chi connectivity index (χ4n) is 2.09. The Morgan fingerprint density at radius 3 is 2.36 bits per heavy atom. The summed E-state index contributed by atoms with van der Waals surface area (Å²) in [6.07, 6.45) is 4.01. The molecular formula is C11H23NO2. The maximum absolute atomic E-state index is 8.65. The number of hydrogen-bond donors (Lipinski definition) is 1. The molecule has 0 amide bonds. The number of unbranched alkanes of at least 4 members (excludes halogenated alkanes) is 2. The molecule has 0 bridgehead atoms. The second kappa shape index (κ2) is 6.38. The molecule has 1 fully saturated rings. The molecule has 1 N–H and O–H groups in total. The Morgan fingerprint density at radius 2 is 1.79 bits per heavy atom. The van der Waals surface area contributed by atoms with E-state index >= 15 is 0 Å². The van der Waals surface area contributed by atoms with Crippen molar-refractivity contribution in [2.24, 2.45) is 0 Å². The Labute approximate surface area is 87.1 Å². The maximum atomic E-state index is 8.65. The Balaban J connectivity index is 2.10. The van der Waals surface area contributed by atoms with Gasteiger partial charge in [-0.05, 0) is 39.7 Å².